The van der Waals surface area contributed by atoms with E-state index in [0.717, 1.165) is 18.6 Å². The number of nitrogens with zero attached hydrogens (tertiary/aromatic N) is 2. The first-order chi connectivity index (χ1) is 14.2. The predicted molar refractivity (Wildman–Crippen MR) is 109 cm³/mol. The lowest BCUT2D eigenvalue weighted by Crippen LogP contribution is -2.31. The third kappa shape index (κ3) is 3.60. The minimum absolute atomic E-state index is 0.207. The van der Waals surface area contributed by atoms with Crippen molar-refractivity contribution >= 4 is 17.3 Å². The second kappa shape index (κ2) is 8.74. The van der Waals surface area contributed by atoms with E-state index in [1.54, 1.807) is 0 Å². The van der Waals surface area contributed by atoms with Gasteiger partial charge in [-0.1, -0.05) is 26.8 Å². The number of rotatable bonds is 5. The number of pyridine rings is 1. The molecule has 3 rings (SSSR count). The van der Waals surface area contributed by atoms with Gasteiger partial charge >= 0.3 is 0 Å². The molecule has 8 heteroatoms. The number of anilines is 2. The molecule has 2 N–H and O–H groups in total. The van der Waals surface area contributed by atoms with Crippen LogP contribution in [0.2, 0.25) is 0 Å². The number of amides is 1. The van der Waals surface area contributed by atoms with Crippen molar-refractivity contribution in [2.24, 2.45) is 5.41 Å². The van der Waals surface area contributed by atoms with Gasteiger partial charge in [0.15, 0.2) is 0 Å². The van der Waals surface area contributed by atoms with Gasteiger partial charge in [-0.15, -0.1) is 0 Å². The Bertz CT molecular complexity index is 987. The Morgan fingerprint density at radius 1 is 1.30 bits per heavy atom. The summed E-state index contributed by atoms with van der Waals surface area (Å²) in [5.74, 6) is -6.51. The molecule has 0 radical (unpaired) electrons. The van der Waals surface area contributed by atoms with E-state index in [9.17, 15) is 23.2 Å². The number of carbonyl (C=O) groups excluding carboxylic acids is 1. The summed E-state index contributed by atoms with van der Waals surface area (Å²) in [4.78, 5) is 15.9. The van der Waals surface area contributed by atoms with E-state index in [1.165, 1.54) is 31.6 Å². The molecule has 1 saturated carbocycles. The summed E-state index contributed by atoms with van der Waals surface area (Å²) in [6.07, 6.45) is 3.53. The predicted octanol–water partition coefficient (Wildman–Crippen LogP) is 4.91. The van der Waals surface area contributed by atoms with Crippen LogP contribution < -0.4 is 10.6 Å². The van der Waals surface area contributed by atoms with Gasteiger partial charge in [-0.3, -0.25) is 9.78 Å². The molecule has 1 aliphatic carbocycles. The van der Waals surface area contributed by atoms with Gasteiger partial charge in [0.2, 0.25) is 5.91 Å². The van der Waals surface area contributed by atoms with Gasteiger partial charge in [-0.05, 0) is 36.6 Å². The number of nitriles is 1. The van der Waals surface area contributed by atoms with Crippen LogP contribution in [-0.4, -0.2) is 23.9 Å². The molecule has 2 aromatic rings. The maximum Gasteiger partial charge on any atom is 0.271 e. The van der Waals surface area contributed by atoms with E-state index in [-0.39, 0.29) is 5.56 Å². The highest BCUT2D eigenvalue weighted by atomic mass is 19.3. The van der Waals surface area contributed by atoms with Crippen molar-refractivity contribution in [2.45, 2.75) is 46.0 Å². The van der Waals surface area contributed by atoms with Gasteiger partial charge in [0.05, 0.1) is 23.4 Å². The Morgan fingerprint density at radius 3 is 2.50 bits per heavy atom. The van der Waals surface area contributed by atoms with Crippen molar-refractivity contribution < 1.29 is 18.0 Å². The summed E-state index contributed by atoms with van der Waals surface area (Å²) in [5, 5.41) is 14.4. The molecule has 30 heavy (non-hydrogen) atoms. The van der Waals surface area contributed by atoms with Gasteiger partial charge in [0.25, 0.3) is 5.92 Å². The van der Waals surface area contributed by atoms with Crippen LogP contribution in [0, 0.1) is 22.6 Å². The summed E-state index contributed by atoms with van der Waals surface area (Å²) in [6.45, 7) is 7.01. The highest BCUT2D eigenvalue weighted by Crippen LogP contribution is 2.71. The zero-order valence-electron chi connectivity index (χ0n) is 17.6. The van der Waals surface area contributed by atoms with E-state index >= 15 is 0 Å². The fourth-order valence-corrected chi connectivity index (χ4v) is 3.65. The molecule has 0 aliphatic heterocycles. The molecular formula is C22H25F3N4O. The van der Waals surface area contributed by atoms with Gasteiger partial charge in [0.1, 0.15) is 17.3 Å². The lowest BCUT2D eigenvalue weighted by atomic mass is 9.99. The van der Waals surface area contributed by atoms with E-state index < -0.39 is 29.0 Å². The normalized spacial score (nSPS) is 21.0. The van der Waals surface area contributed by atoms with E-state index in [4.69, 9.17) is 0 Å². The summed E-state index contributed by atoms with van der Waals surface area (Å²) >= 11 is 0. The molecule has 1 aliphatic rings. The van der Waals surface area contributed by atoms with Crippen LogP contribution in [0.1, 0.15) is 50.3 Å². The van der Waals surface area contributed by atoms with E-state index in [1.807, 2.05) is 20.8 Å². The number of hydrogen-bond donors (Lipinski definition) is 2. The number of halogens is 3. The third-order valence-electron chi connectivity index (χ3n) is 5.37. The first kappa shape index (κ1) is 23.2. The maximum atomic E-state index is 14.7. The maximum absolute atomic E-state index is 14.7. The number of nitrogens with one attached hydrogen (secondary N) is 2. The molecule has 0 bridgehead atoms. The SMILES string of the molecule is CC.CCc1c(C#N)cncc1Nc1ccc(C2C(F)(F)C2(C)C(=O)NC)c(F)c1. The summed E-state index contributed by atoms with van der Waals surface area (Å²) in [5.41, 5.74) is -0.176. The lowest BCUT2D eigenvalue weighted by molar-refractivity contribution is -0.128. The average Bonchev–Trinajstić information content (AvgIpc) is 3.21. The van der Waals surface area contributed by atoms with Crippen molar-refractivity contribution in [3.8, 4) is 6.07 Å². The molecule has 1 aromatic heterocycles. The second-order valence-corrected chi connectivity index (χ2v) is 6.88. The highest BCUT2D eigenvalue weighted by molar-refractivity contribution is 5.89. The molecule has 0 saturated heterocycles. The second-order valence-electron chi connectivity index (χ2n) is 6.88. The van der Waals surface area contributed by atoms with Crippen LogP contribution in [0.3, 0.4) is 0 Å². The van der Waals surface area contributed by atoms with E-state index in [0.29, 0.717) is 23.4 Å². The molecule has 1 aromatic carbocycles. The summed E-state index contributed by atoms with van der Waals surface area (Å²) in [6, 6.07) is 5.89. The molecule has 2 unspecified atom stereocenters. The van der Waals surface area contributed by atoms with Crippen molar-refractivity contribution in [1.29, 1.82) is 5.26 Å². The fourth-order valence-electron chi connectivity index (χ4n) is 3.65. The summed E-state index contributed by atoms with van der Waals surface area (Å²) in [7, 11) is 1.27. The first-order valence-corrected chi connectivity index (χ1v) is 9.75. The van der Waals surface area contributed by atoms with Gasteiger partial charge < -0.3 is 10.6 Å². The topological polar surface area (TPSA) is 77.8 Å². The van der Waals surface area contributed by atoms with Crippen LogP contribution in [0.5, 0.6) is 0 Å². The Hall–Kier alpha value is -3.08. The standard InChI is InChI=1S/C20H19F3N4O.C2H6/c1-4-13-11(8-24)9-26-10-16(13)27-12-5-6-14(15(21)7-12)17-19(2,18(28)25-3)20(17,22)23;1-2/h5-7,9-10,17,27H,4H2,1-3H3,(H,25,28);1-2H3. The number of carbonyl (C=O) groups is 1. The van der Waals surface area contributed by atoms with Crippen LogP contribution in [-0.2, 0) is 11.2 Å². The molecule has 1 fully saturated rings. The molecule has 5 nitrogen and oxygen atoms in total. The van der Waals surface area contributed by atoms with Crippen molar-refractivity contribution in [3.63, 3.8) is 0 Å². The molecule has 1 amide bonds. The van der Waals surface area contributed by atoms with Crippen LogP contribution in [0.25, 0.3) is 0 Å². The highest BCUT2D eigenvalue weighted by Gasteiger charge is 2.82. The van der Waals surface area contributed by atoms with Gasteiger partial charge in [-0.2, -0.15) is 5.26 Å². The average molecular weight is 418 g/mol. The molecular weight excluding hydrogens is 393 g/mol. The van der Waals surface area contributed by atoms with Gasteiger partial charge in [0, 0.05) is 18.9 Å². The molecule has 1 heterocycles. The Balaban J connectivity index is 0.00000155. The first-order valence-electron chi connectivity index (χ1n) is 9.75. The largest absolute Gasteiger partial charge is 0.358 e. The van der Waals surface area contributed by atoms with E-state index in [2.05, 4.69) is 21.7 Å². The lowest BCUT2D eigenvalue weighted by Gasteiger charge is -2.13. The number of benzene rings is 1. The van der Waals surface area contributed by atoms with Crippen molar-refractivity contribution in [2.75, 3.05) is 12.4 Å². The zero-order valence-corrected chi connectivity index (χ0v) is 17.6. The Morgan fingerprint density at radius 2 is 1.97 bits per heavy atom. The molecule has 0 spiro atoms. The minimum atomic E-state index is -3.33. The number of aromatic nitrogens is 1. The Kier molecular flexibility index (Phi) is 6.76. The smallest absolute Gasteiger partial charge is 0.271 e. The number of hydrogen-bond acceptors (Lipinski definition) is 4. The van der Waals surface area contributed by atoms with Crippen LogP contribution in [0.15, 0.2) is 30.6 Å². The number of alkyl halides is 2. The van der Waals surface area contributed by atoms with Gasteiger partial charge in [-0.25, -0.2) is 13.2 Å². The van der Waals surface area contributed by atoms with Crippen LogP contribution in [0.4, 0.5) is 24.5 Å². The fraction of sp³-hybridized carbons (Fsp3) is 0.409. The zero-order chi connectivity index (χ0) is 22.7. The monoisotopic (exact) mass is 418 g/mol. The molecule has 160 valence electrons. The molecule has 2 atom stereocenters. The van der Waals surface area contributed by atoms with Crippen molar-refractivity contribution in [1.82, 2.24) is 10.3 Å². The third-order valence-corrected chi connectivity index (χ3v) is 5.37. The summed E-state index contributed by atoms with van der Waals surface area (Å²) < 4.78 is 43.2. The van der Waals surface area contributed by atoms with Crippen molar-refractivity contribution in [3.05, 3.63) is 53.1 Å². The van der Waals surface area contributed by atoms with Crippen LogP contribution >= 0.6 is 0 Å². The Labute approximate surface area is 174 Å². The minimum Gasteiger partial charge on any atom is -0.358 e. The quantitative estimate of drug-likeness (QED) is 0.723.